The van der Waals surface area contributed by atoms with Gasteiger partial charge in [0.05, 0.1) is 16.0 Å². The number of hydrogen-bond donors (Lipinski definition) is 1. The van der Waals surface area contributed by atoms with Gasteiger partial charge in [0.1, 0.15) is 0 Å². The standard InChI is InChI=1S/C15H23NOS/c1-10-5-6-12(9-11(10)2)18(17)13-7-8-15(3,4)14(13)16/h5-6,9,13-14H,7-8,16H2,1-4H3. The van der Waals surface area contributed by atoms with E-state index in [-0.39, 0.29) is 16.7 Å². The number of hydrogen-bond acceptors (Lipinski definition) is 2. The first-order valence-electron chi connectivity index (χ1n) is 6.56. The summed E-state index contributed by atoms with van der Waals surface area (Å²) in [6.45, 7) is 8.49. The van der Waals surface area contributed by atoms with Crippen molar-refractivity contribution in [2.24, 2.45) is 11.1 Å². The highest BCUT2D eigenvalue weighted by Crippen LogP contribution is 2.39. The molecular weight excluding hydrogens is 242 g/mol. The first kappa shape index (κ1) is 13.8. The van der Waals surface area contributed by atoms with E-state index in [1.165, 1.54) is 11.1 Å². The van der Waals surface area contributed by atoms with Crippen molar-refractivity contribution in [1.82, 2.24) is 0 Å². The lowest BCUT2D eigenvalue weighted by Gasteiger charge is -2.26. The van der Waals surface area contributed by atoms with Crippen molar-refractivity contribution >= 4 is 10.8 Å². The predicted octanol–water partition coefficient (Wildman–Crippen LogP) is 2.93. The van der Waals surface area contributed by atoms with E-state index in [1.54, 1.807) is 0 Å². The van der Waals surface area contributed by atoms with Gasteiger partial charge in [0, 0.05) is 10.9 Å². The van der Waals surface area contributed by atoms with E-state index in [9.17, 15) is 4.21 Å². The molecular formula is C15H23NOS. The highest BCUT2D eigenvalue weighted by Gasteiger charge is 2.42. The lowest BCUT2D eigenvalue weighted by Crippen LogP contribution is -2.41. The van der Waals surface area contributed by atoms with E-state index in [4.69, 9.17) is 5.73 Å². The molecule has 3 unspecified atom stereocenters. The Morgan fingerprint density at radius 1 is 1.28 bits per heavy atom. The van der Waals surface area contributed by atoms with E-state index in [0.717, 1.165) is 17.7 Å². The van der Waals surface area contributed by atoms with Crippen LogP contribution in [0.2, 0.25) is 0 Å². The Kier molecular flexibility index (Phi) is 3.65. The van der Waals surface area contributed by atoms with Crippen LogP contribution in [0.3, 0.4) is 0 Å². The molecule has 0 radical (unpaired) electrons. The SMILES string of the molecule is Cc1ccc(S(=O)C2CCC(C)(C)C2N)cc1C. The third-order valence-corrected chi connectivity index (χ3v) is 6.16. The smallest absolute Gasteiger partial charge is 0.0576 e. The highest BCUT2D eigenvalue weighted by atomic mass is 32.2. The minimum absolute atomic E-state index is 0.0277. The average molecular weight is 265 g/mol. The van der Waals surface area contributed by atoms with Gasteiger partial charge >= 0.3 is 0 Å². The number of aryl methyl sites for hydroxylation is 2. The maximum absolute atomic E-state index is 12.6. The fraction of sp³-hybridized carbons (Fsp3) is 0.600. The van der Waals surface area contributed by atoms with Crippen molar-refractivity contribution in [3.63, 3.8) is 0 Å². The van der Waals surface area contributed by atoms with Crippen molar-refractivity contribution in [2.75, 3.05) is 0 Å². The first-order valence-corrected chi connectivity index (χ1v) is 7.77. The van der Waals surface area contributed by atoms with Crippen molar-refractivity contribution in [1.29, 1.82) is 0 Å². The summed E-state index contributed by atoms with van der Waals surface area (Å²) in [5, 5.41) is 0.0992. The third kappa shape index (κ3) is 2.39. The van der Waals surface area contributed by atoms with Crippen LogP contribution in [0.5, 0.6) is 0 Å². The van der Waals surface area contributed by atoms with Crippen molar-refractivity contribution in [3.8, 4) is 0 Å². The second-order valence-electron chi connectivity index (χ2n) is 6.13. The first-order chi connectivity index (χ1) is 8.33. The molecule has 0 saturated heterocycles. The van der Waals surface area contributed by atoms with Crippen LogP contribution < -0.4 is 5.73 Å². The molecule has 0 bridgehead atoms. The normalized spacial score (nSPS) is 28.3. The van der Waals surface area contributed by atoms with Gasteiger partial charge in [-0.25, -0.2) is 0 Å². The molecule has 0 spiro atoms. The number of nitrogens with two attached hydrogens (primary N) is 1. The van der Waals surface area contributed by atoms with Crippen LogP contribution in [0.4, 0.5) is 0 Å². The Morgan fingerprint density at radius 2 is 1.94 bits per heavy atom. The fourth-order valence-electron chi connectivity index (χ4n) is 2.62. The van der Waals surface area contributed by atoms with E-state index in [2.05, 4.69) is 27.7 Å². The summed E-state index contributed by atoms with van der Waals surface area (Å²) in [5.41, 5.74) is 8.82. The predicted molar refractivity (Wildman–Crippen MR) is 77.1 cm³/mol. The molecule has 2 rings (SSSR count). The molecule has 1 aliphatic rings. The molecule has 1 aliphatic carbocycles. The van der Waals surface area contributed by atoms with Crippen molar-refractivity contribution in [2.45, 2.75) is 56.7 Å². The van der Waals surface area contributed by atoms with Gasteiger partial charge in [-0.3, -0.25) is 4.21 Å². The van der Waals surface area contributed by atoms with Crippen LogP contribution in [-0.2, 0) is 10.8 Å². The molecule has 0 heterocycles. The lowest BCUT2D eigenvalue weighted by atomic mass is 9.88. The van der Waals surface area contributed by atoms with E-state index >= 15 is 0 Å². The van der Waals surface area contributed by atoms with Gasteiger partial charge in [-0.05, 0) is 55.4 Å². The molecule has 100 valence electrons. The maximum Gasteiger partial charge on any atom is 0.0576 e. The average Bonchev–Trinajstić information content (AvgIpc) is 2.57. The molecule has 1 aromatic rings. The molecule has 3 atom stereocenters. The number of benzene rings is 1. The summed E-state index contributed by atoms with van der Waals surface area (Å²) in [6, 6.07) is 6.11. The lowest BCUT2D eigenvalue weighted by molar-refractivity contribution is 0.334. The molecule has 0 aromatic heterocycles. The van der Waals surface area contributed by atoms with E-state index in [0.29, 0.717) is 0 Å². The Hall–Kier alpha value is -0.670. The van der Waals surface area contributed by atoms with Crippen LogP contribution in [0, 0.1) is 19.3 Å². The van der Waals surface area contributed by atoms with Gasteiger partial charge in [0.15, 0.2) is 0 Å². The van der Waals surface area contributed by atoms with Crippen LogP contribution in [0.15, 0.2) is 23.1 Å². The van der Waals surface area contributed by atoms with Crippen molar-refractivity contribution in [3.05, 3.63) is 29.3 Å². The zero-order chi connectivity index (χ0) is 13.5. The largest absolute Gasteiger partial charge is 0.326 e. The van der Waals surface area contributed by atoms with Gasteiger partial charge in [-0.2, -0.15) is 0 Å². The van der Waals surface area contributed by atoms with Crippen molar-refractivity contribution < 1.29 is 4.21 Å². The zero-order valence-corrected chi connectivity index (χ0v) is 12.5. The zero-order valence-electron chi connectivity index (χ0n) is 11.7. The molecule has 2 nitrogen and oxygen atoms in total. The molecule has 2 N–H and O–H groups in total. The van der Waals surface area contributed by atoms with Crippen LogP contribution >= 0.6 is 0 Å². The summed E-state index contributed by atoms with van der Waals surface area (Å²) in [7, 11) is -0.979. The van der Waals surface area contributed by atoms with E-state index in [1.807, 2.05) is 18.2 Å². The molecule has 1 aromatic carbocycles. The van der Waals surface area contributed by atoms with Gasteiger partial charge in [-0.1, -0.05) is 19.9 Å². The summed E-state index contributed by atoms with van der Waals surface area (Å²) in [4.78, 5) is 0.927. The minimum atomic E-state index is -0.979. The summed E-state index contributed by atoms with van der Waals surface area (Å²) >= 11 is 0. The molecule has 1 saturated carbocycles. The fourth-order valence-corrected chi connectivity index (χ4v) is 4.43. The second kappa shape index (κ2) is 4.78. The second-order valence-corrected chi connectivity index (χ2v) is 7.81. The Bertz CT molecular complexity index is 481. The minimum Gasteiger partial charge on any atom is -0.326 e. The Labute approximate surface area is 112 Å². The molecule has 0 aliphatic heterocycles. The Morgan fingerprint density at radius 3 is 2.44 bits per heavy atom. The van der Waals surface area contributed by atoms with E-state index < -0.39 is 10.8 Å². The van der Waals surface area contributed by atoms with Crippen LogP contribution in [-0.4, -0.2) is 15.5 Å². The molecule has 0 amide bonds. The van der Waals surface area contributed by atoms with Gasteiger partial charge in [-0.15, -0.1) is 0 Å². The Balaban J connectivity index is 2.25. The van der Waals surface area contributed by atoms with Crippen LogP contribution in [0.1, 0.15) is 37.8 Å². The summed E-state index contributed by atoms with van der Waals surface area (Å²) < 4.78 is 12.6. The summed E-state index contributed by atoms with van der Waals surface area (Å²) in [5.74, 6) is 0. The highest BCUT2D eigenvalue weighted by molar-refractivity contribution is 7.85. The maximum atomic E-state index is 12.6. The monoisotopic (exact) mass is 265 g/mol. The van der Waals surface area contributed by atoms with Gasteiger partial charge in [0.2, 0.25) is 0 Å². The summed E-state index contributed by atoms with van der Waals surface area (Å²) in [6.07, 6.45) is 2.03. The third-order valence-electron chi connectivity index (χ3n) is 4.36. The van der Waals surface area contributed by atoms with Gasteiger partial charge in [0.25, 0.3) is 0 Å². The number of rotatable bonds is 2. The molecule has 1 fully saturated rings. The topological polar surface area (TPSA) is 43.1 Å². The molecule has 18 heavy (non-hydrogen) atoms. The van der Waals surface area contributed by atoms with Gasteiger partial charge < -0.3 is 5.73 Å². The quantitative estimate of drug-likeness (QED) is 0.893. The van der Waals surface area contributed by atoms with Crippen LogP contribution in [0.25, 0.3) is 0 Å². The molecule has 3 heteroatoms.